The van der Waals surface area contributed by atoms with E-state index in [0.717, 1.165) is 10.5 Å². The minimum atomic E-state index is -1.18. The summed E-state index contributed by atoms with van der Waals surface area (Å²) in [5.74, 6) is -1.18. The van der Waals surface area contributed by atoms with Gasteiger partial charge >= 0.3 is 18.2 Å². The molecule has 0 saturated heterocycles. The van der Waals surface area contributed by atoms with Gasteiger partial charge in [0.05, 0.1) is 12.7 Å². The van der Waals surface area contributed by atoms with E-state index in [2.05, 4.69) is 5.32 Å². The lowest BCUT2D eigenvalue weighted by Gasteiger charge is -2.37. The van der Waals surface area contributed by atoms with Crippen LogP contribution in [0.5, 0.6) is 0 Å². The third kappa shape index (κ3) is 7.55. The fourth-order valence-electron chi connectivity index (χ4n) is 2.82. The number of carboxylic acids is 1. The topological polar surface area (TPSA) is 114 Å². The number of nitrogens with zero attached hydrogens (tertiary/aromatic N) is 1. The fraction of sp³-hybridized carbons (Fsp3) is 0.571. The number of alkyl carbamates (subject to hydrolysis) is 1. The average molecular weight is 422 g/mol. The van der Waals surface area contributed by atoms with E-state index >= 15 is 0 Å². The van der Waals surface area contributed by atoms with Crippen LogP contribution < -0.4 is 5.32 Å². The van der Waals surface area contributed by atoms with Gasteiger partial charge in [-0.1, -0.05) is 30.3 Å². The molecular weight excluding hydrogens is 392 g/mol. The molecule has 2 amide bonds. The summed E-state index contributed by atoms with van der Waals surface area (Å²) < 4.78 is 16.0. The number of rotatable bonds is 8. The van der Waals surface area contributed by atoms with Crippen molar-refractivity contribution in [1.82, 2.24) is 10.2 Å². The van der Waals surface area contributed by atoms with Gasteiger partial charge in [0.15, 0.2) is 6.04 Å². The number of ether oxygens (including phenoxy) is 3. The summed E-state index contributed by atoms with van der Waals surface area (Å²) in [7, 11) is 1.36. The number of hydrogen-bond acceptors (Lipinski definition) is 6. The summed E-state index contributed by atoms with van der Waals surface area (Å²) in [6.45, 7) is 5.24. The molecule has 0 radical (unpaired) electrons. The van der Waals surface area contributed by atoms with Gasteiger partial charge in [-0.2, -0.15) is 0 Å². The van der Waals surface area contributed by atoms with Crippen LogP contribution in [0.3, 0.4) is 0 Å². The fourth-order valence-corrected chi connectivity index (χ4v) is 2.82. The van der Waals surface area contributed by atoms with Gasteiger partial charge in [-0.15, -0.1) is 0 Å². The molecule has 0 heterocycles. The Bertz CT molecular complexity index is 727. The Morgan fingerprint density at radius 3 is 2.40 bits per heavy atom. The lowest BCUT2D eigenvalue weighted by molar-refractivity contribution is -0.146. The van der Waals surface area contributed by atoms with Crippen molar-refractivity contribution in [2.75, 3.05) is 13.7 Å². The molecule has 1 aromatic rings. The molecule has 0 spiro atoms. The first-order valence-electron chi connectivity index (χ1n) is 9.82. The molecule has 1 aliphatic rings. The van der Waals surface area contributed by atoms with Crippen LogP contribution in [0.25, 0.3) is 0 Å². The Hall–Kier alpha value is -2.81. The van der Waals surface area contributed by atoms with Gasteiger partial charge in [-0.3, -0.25) is 4.90 Å². The zero-order valence-corrected chi connectivity index (χ0v) is 17.8. The summed E-state index contributed by atoms with van der Waals surface area (Å²) in [5.41, 5.74) is 0.235. The Morgan fingerprint density at radius 1 is 1.20 bits per heavy atom. The number of carbonyl (C=O) groups excluding carboxylic acids is 2. The van der Waals surface area contributed by atoms with Crippen LogP contribution in [-0.4, -0.2) is 65.6 Å². The molecule has 1 atom stereocenters. The van der Waals surface area contributed by atoms with E-state index in [0.29, 0.717) is 12.8 Å². The molecule has 1 aromatic carbocycles. The van der Waals surface area contributed by atoms with Crippen LogP contribution in [0.2, 0.25) is 0 Å². The Kier molecular flexibility index (Phi) is 8.05. The average Bonchev–Trinajstić information content (AvgIpc) is 2.62. The quantitative estimate of drug-likeness (QED) is 0.662. The molecule has 1 aliphatic carbocycles. The third-order valence-electron chi connectivity index (χ3n) is 4.55. The van der Waals surface area contributed by atoms with Gasteiger partial charge in [0.2, 0.25) is 0 Å². The van der Waals surface area contributed by atoms with Crippen molar-refractivity contribution in [2.24, 2.45) is 0 Å². The first kappa shape index (κ1) is 23.5. The van der Waals surface area contributed by atoms with Crippen LogP contribution in [0.1, 0.15) is 39.2 Å². The lowest BCUT2D eigenvalue weighted by atomic mass is 9.89. The number of amides is 2. The third-order valence-corrected chi connectivity index (χ3v) is 4.55. The molecule has 2 rings (SSSR count). The van der Waals surface area contributed by atoms with Gasteiger partial charge in [-0.25, -0.2) is 14.4 Å². The van der Waals surface area contributed by atoms with Gasteiger partial charge < -0.3 is 24.6 Å². The number of benzene rings is 1. The zero-order valence-electron chi connectivity index (χ0n) is 17.8. The summed E-state index contributed by atoms with van der Waals surface area (Å²) in [6.07, 6.45) is -0.328. The number of carbonyl (C=O) groups is 3. The van der Waals surface area contributed by atoms with Gasteiger partial charge in [0.25, 0.3) is 0 Å². The van der Waals surface area contributed by atoms with Crippen LogP contribution in [-0.2, 0) is 25.6 Å². The van der Waals surface area contributed by atoms with E-state index in [4.69, 9.17) is 14.2 Å². The number of aliphatic carboxylic acids is 1. The number of carboxylic acid groups (broad SMARTS) is 1. The summed E-state index contributed by atoms with van der Waals surface area (Å²) in [5, 5.41) is 12.2. The highest BCUT2D eigenvalue weighted by atomic mass is 16.6. The largest absolute Gasteiger partial charge is 0.480 e. The van der Waals surface area contributed by atoms with Crippen LogP contribution >= 0.6 is 0 Å². The molecular formula is C21H30N2O7. The molecule has 0 aliphatic heterocycles. The Labute approximate surface area is 176 Å². The molecule has 9 nitrogen and oxygen atoms in total. The second-order valence-corrected chi connectivity index (χ2v) is 8.28. The van der Waals surface area contributed by atoms with E-state index in [9.17, 15) is 19.5 Å². The monoisotopic (exact) mass is 422 g/mol. The molecule has 2 N–H and O–H groups in total. The van der Waals surface area contributed by atoms with Gasteiger partial charge in [0.1, 0.15) is 12.2 Å². The van der Waals surface area contributed by atoms with Gasteiger partial charge in [-0.05, 0) is 39.2 Å². The smallest absolute Gasteiger partial charge is 0.410 e. The minimum absolute atomic E-state index is 0.0534. The van der Waals surface area contributed by atoms with Crippen molar-refractivity contribution in [3.05, 3.63) is 35.9 Å². The van der Waals surface area contributed by atoms with Crippen molar-refractivity contribution >= 4 is 18.2 Å². The standard InChI is InChI=1S/C21H30N2O7/c1-21(2,3)30-19(26)22-15-10-16(11-15)28-13-17(18(24)25)23(4)20(27)29-12-14-8-6-5-7-9-14/h5-9,15-17H,10-13H2,1-4H3,(H,22,26)(H,24,25). The molecule has 1 fully saturated rings. The SMILES string of the molecule is CN(C(=O)OCc1ccccc1)C(COC1CC(NC(=O)OC(C)(C)C)C1)C(=O)O. The van der Waals surface area contributed by atoms with Crippen molar-refractivity contribution in [3.8, 4) is 0 Å². The van der Waals surface area contributed by atoms with E-state index in [1.165, 1.54) is 7.05 Å². The predicted octanol–water partition coefficient (Wildman–Crippen LogP) is 2.78. The molecule has 30 heavy (non-hydrogen) atoms. The van der Waals surface area contributed by atoms with E-state index in [-0.39, 0.29) is 25.4 Å². The molecule has 0 aromatic heterocycles. The maximum atomic E-state index is 12.2. The molecule has 0 bridgehead atoms. The maximum absolute atomic E-state index is 12.2. The number of hydrogen-bond donors (Lipinski definition) is 2. The number of likely N-dealkylation sites (N-methyl/N-ethyl adjacent to an activating group) is 1. The molecule has 166 valence electrons. The summed E-state index contributed by atoms with van der Waals surface area (Å²) in [6, 6.07) is 7.86. The van der Waals surface area contributed by atoms with E-state index in [1.807, 2.05) is 30.3 Å². The highest BCUT2D eigenvalue weighted by Gasteiger charge is 2.35. The van der Waals surface area contributed by atoms with Crippen molar-refractivity contribution < 1.29 is 33.7 Å². The van der Waals surface area contributed by atoms with Crippen molar-refractivity contribution in [2.45, 2.75) is 64.0 Å². The normalized spacial score (nSPS) is 19.2. The molecule has 9 heteroatoms. The predicted molar refractivity (Wildman–Crippen MR) is 108 cm³/mol. The van der Waals surface area contributed by atoms with Crippen LogP contribution in [0.4, 0.5) is 9.59 Å². The van der Waals surface area contributed by atoms with E-state index in [1.54, 1.807) is 20.8 Å². The first-order valence-corrected chi connectivity index (χ1v) is 9.82. The Balaban J connectivity index is 1.73. The molecule has 1 saturated carbocycles. The summed E-state index contributed by atoms with van der Waals surface area (Å²) >= 11 is 0. The van der Waals surface area contributed by atoms with Gasteiger partial charge in [0, 0.05) is 13.1 Å². The van der Waals surface area contributed by atoms with Crippen molar-refractivity contribution in [1.29, 1.82) is 0 Å². The summed E-state index contributed by atoms with van der Waals surface area (Å²) in [4.78, 5) is 36.5. The second kappa shape index (κ2) is 10.3. The Morgan fingerprint density at radius 2 is 1.83 bits per heavy atom. The highest BCUT2D eigenvalue weighted by molar-refractivity contribution is 5.80. The van der Waals surface area contributed by atoms with Crippen molar-refractivity contribution in [3.63, 3.8) is 0 Å². The first-order chi connectivity index (χ1) is 14.0. The number of nitrogens with one attached hydrogen (secondary N) is 1. The maximum Gasteiger partial charge on any atom is 0.410 e. The molecule has 1 unspecified atom stereocenters. The van der Waals surface area contributed by atoms with Crippen LogP contribution in [0, 0.1) is 0 Å². The second-order valence-electron chi connectivity index (χ2n) is 8.28. The minimum Gasteiger partial charge on any atom is -0.480 e. The zero-order chi connectivity index (χ0) is 22.3. The highest BCUT2D eigenvalue weighted by Crippen LogP contribution is 2.24. The van der Waals surface area contributed by atoms with E-state index < -0.39 is 29.8 Å². The van der Waals surface area contributed by atoms with Crippen LogP contribution in [0.15, 0.2) is 30.3 Å². The lowest BCUT2D eigenvalue weighted by Crippen LogP contribution is -2.51.